The second-order valence-electron chi connectivity index (χ2n) is 6.98. The minimum absolute atomic E-state index is 0.186. The number of carboxylic acids is 1. The highest BCUT2D eigenvalue weighted by Gasteiger charge is 2.24. The highest BCUT2D eigenvalue weighted by molar-refractivity contribution is 5.75. The van der Waals surface area contributed by atoms with Crippen molar-refractivity contribution in [1.29, 1.82) is 0 Å². The number of benzene rings is 1. The van der Waals surface area contributed by atoms with Crippen LogP contribution in [0.1, 0.15) is 37.5 Å². The molecule has 0 aliphatic carbocycles. The summed E-state index contributed by atoms with van der Waals surface area (Å²) >= 11 is 0. The predicted molar refractivity (Wildman–Crippen MR) is 91.8 cm³/mol. The summed E-state index contributed by atoms with van der Waals surface area (Å²) in [6, 6.07) is 6.06. The molecule has 23 heavy (non-hydrogen) atoms. The average molecular weight is 320 g/mol. The van der Waals surface area contributed by atoms with Crippen molar-refractivity contribution in [3.8, 4) is 0 Å². The van der Waals surface area contributed by atoms with E-state index in [2.05, 4.69) is 51.2 Å². The van der Waals surface area contributed by atoms with Crippen LogP contribution in [0.2, 0.25) is 0 Å². The van der Waals surface area contributed by atoms with Crippen molar-refractivity contribution in [2.45, 2.75) is 40.0 Å². The molecule has 128 valence electrons. The fourth-order valence-corrected chi connectivity index (χ4v) is 2.67. The maximum absolute atomic E-state index is 12.1. The van der Waals surface area contributed by atoms with E-state index in [9.17, 15) is 9.59 Å². The number of carboxylic acid groups (broad SMARTS) is 1. The molecule has 1 aromatic rings. The Bertz CT molecular complexity index is 582. The van der Waals surface area contributed by atoms with E-state index in [4.69, 9.17) is 5.11 Å². The molecule has 0 spiro atoms. The van der Waals surface area contributed by atoms with Gasteiger partial charge in [-0.05, 0) is 25.0 Å². The van der Waals surface area contributed by atoms with Crippen LogP contribution in [-0.2, 0) is 10.2 Å². The lowest BCUT2D eigenvalue weighted by molar-refractivity contribution is -0.141. The lowest BCUT2D eigenvalue weighted by Crippen LogP contribution is -2.45. The third kappa shape index (κ3) is 5.27. The van der Waals surface area contributed by atoms with Crippen LogP contribution in [0.25, 0.3) is 0 Å². The number of nitrogens with zero attached hydrogens (tertiary/aromatic N) is 1. The van der Waals surface area contributed by atoms with Gasteiger partial charge in [-0.1, -0.05) is 44.5 Å². The van der Waals surface area contributed by atoms with Gasteiger partial charge in [0.1, 0.15) is 0 Å². The van der Waals surface area contributed by atoms with Crippen molar-refractivity contribution >= 4 is 12.0 Å². The topological polar surface area (TPSA) is 69.6 Å². The van der Waals surface area contributed by atoms with Gasteiger partial charge in [0.15, 0.2) is 0 Å². The van der Waals surface area contributed by atoms with Crippen LogP contribution in [0.4, 0.5) is 4.79 Å². The van der Waals surface area contributed by atoms with E-state index < -0.39 is 11.9 Å². The molecule has 0 heterocycles. The number of amides is 2. The van der Waals surface area contributed by atoms with Crippen molar-refractivity contribution < 1.29 is 14.7 Å². The Morgan fingerprint density at radius 1 is 1.30 bits per heavy atom. The van der Waals surface area contributed by atoms with Crippen LogP contribution >= 0.6 is 0 Å². The largest absolute Gasteiger partial charge is 0.481 e. The van der Waals surface area contributed by atoms with Crippen LogP contribution in [0.3, 0.4) is 0 Å². The van der Waals surface area contributed by atoms with Crippen molar-refractivity contribution in [2.75, 3.05) is 20.1 Å². The van der Waals surface area contributed by atoms with E-state index in [0.29, 0.717) is 6.54 Å². The van der Waals surface area contributed by atoms with Crippen molar-refractivity contribution in [1.82, 2.24) is 10.2 Å². The zero-order valence-corrected chi connectivity index (χ0v) is 14.9. The molecule has 5 heteroatoms. The summed E-state index contributed by atoms with van der Waals surface area (Å²) in [4.78, 5) is 24.4. The van der Waals surface area contributed by atoms with Crippen molar-refractivity contribution in [3.63, 3.8) is 0 Å². The Hall–Kier alpha value is -2.04. The average Bonchev–Trinajstić information content (AvgIpc) is 2.44. The number of carbonyl (C=O) groups excluding carboxylic acids is 1. The molecule has 0 aliphatic rings. The normalized spacial score (nSPS) is 12.6. The summed E-state index contributed by atoms with van der Waals surface area (Å²) in [5, 5.41) is 11.8. The zero-order valence-electron chi connectivity index (χ0n) is 14.9. The zero-order chi connectivity index (χ0) is 17.8. The van der Waals surface area contributed by atoms with Crippen LogP contribution in [0.5, 0.6) is 0 Å². The molecule has 0 bridgehead atoms. The summed E-state index contributed by atoms with van der Waals surface area (Å²) in [5.41, 5.74) is 3.42. The Labute approximate surface area is 138 Å². The smallest absolute Gasteiger partial charge is 0.317 e. The number of aryl methyl sites for hydroxylation is 2. The lowest BCUT2D eigenvalue weighted by atomic mass is 9.81. The molecule has 1 atom stereocenters. The van der Waals surface area contributed by atoms with E-state index in [1.807, 2.05) is 0 Å². The van der Waals surface area contributed by atoms with Crippen LogP contribution < -0.4 is 5.32 Å². The molecular formula is C18H28N2O3. The van der Waals surface area contributed by atoms with Crippen LogP contribution in [0.15, 0.2) is 18.2 Å². The van der Waals surface area contributed by atoms with Crippen LogP contribution in [0, 0.1) is 19.8 Å². The molecule has 0 saturated heterocycles. The van der Waals surface area contributed by atoms with E-state index in [1.165, 1.54) is 21.6 Å². The predicted octanol–water partition coefficient (Wildman–Crippen LogP) is 2.94. The minimum atomic E-state index is -0.903. The van der Waals surface area contributed by atoms with Gasteiger partial charge in [0.05, 0.1) is 5.92 Å². The van der Waals surface area contributed by atoms with E-state index in [0.717, 1.165) is 0 Å². The number of aliphatic carboxylic acids is 1. The third-order valence-corrected chi connectivity index (χ3v) is 4.11. The fraction of sp³-hybridized carbons (Fsp3) is 0.556. The number of carbonyl (C=O) groups is 2. The Kier molecular flexibility index (Phi) is 6.19. The van der Waals surface area contributed by atoms with Gasteiger partial charge in [-0.25, -0.2) is 4.79 Å². The summed E-state index contributed by atoms with van der Waals surface area (Å²) in [7, 11) is 1.61. The first-order valence-electron chi connectivity index (χ1n) is 7.84. The van der Waals surface area contributed by atoms with Gasteiger partial charge in [0, 0.05) is 25.6 Å². The highest BCUT2D eigenvalue weighted by Crippen LogP contribution is 2.26. The highest BCUT2D eigenvalue weighted by atomic mass is 16.4. The lowest BCUT2D eigenvalue weighted by Gasteiger charge is -2.29. The number of urea groups is 1. The molecule has 2 N–H and O–H groups in total. The first-order valence-corrected chi connectivity index (χ1v) is 7.84. The monoisotopic (exact) mass is 320 g/mol. The van der Waals surface area contributed by atoms with E-state index >= 15 is 0 Å². The van der Waals surface area contributed by atoms with Gasteiger partial charge in [0.25, 0.3) is 0 Å². The molecule has 5 nitrogen and oxygen atoms in total. The minimum Gasteiger partial charge on any atom is -0.481 e. The fourth-order valence-electron chi connectivity index (χ4n) is 2.67. The molecule has 0 fully saturated rings. The van der Waals surface area contributed by atoms with Gasteiger partial charge in [-0.15, -0.1) is 0 Å². The van der Waals surface area contributed by atoms with Gasteiger partial charge in [-0.2, -0.15) is 0 Å². The molecule has 0 radical (unpaired) electrons. The standard InChI is InChI=1S/C18H28N2O3/c1-12-7-8-15(13(2)9-12)18(4,5)11-19-17(23)20(6)10-14(3)16(21)22/h7-9,14H,10-11H2,1-6H3,(H,19,23)(H,21,22). The summed E-state index contributed by atoms with van der Waals surface area (Å²) in [6.45, 7) is 10.6. The summed E-state index contributed by atoms with van der Waals surface area (Å²) in [5.74, 6) is -1.49. The van der Waals surface area contributed by atoms with E-state index in [1.54, 1.807) is 14.0 Å². The Morgan fingerprint density at radius 2 is 1.91 bits per heavy atom. The van der Waals surface area contributed by atoms with Gasteiger partial charge < -0.3 is 15.3 Å². The quantitative estimate of drug-likeness (QED) is 0.846. The number of hydrogen-bond donors (Lipinski definition) is 2. The third-order valence-electron chi connectivity index (χ3n) is 4.11. The van der Waals surface area contributed by atoms with Gasteiger partial charge in [0.2, 0.25) is 0 Å². The van der Waals surface area contributed by atoms with Crippen molar-refractivity contribution in [2.24, 2.45) is 5.92 Å². The molecule has 0 aliphatic heterocycles. The van der Waals surface area contributed by atoms with Crippen molar-refractivity contribution in [3.05, 3.63) is 34.9 Å². The SMILES string of the molecule is Cc1ccc(C(C)(C)CNC(=O)N(C)CC(C)C(=O)O)c(C)c1. The van der Waals surface area contributed by atoms with E-state index in [-0.39, 0.29) is 18.0 Å². The molecule has 2 amide bonds. The first-order chi connectivity index (χ1) is 10.5. The Morgan fingerprint density at radius 3 is 2.43 bits per heavy atom. The molecule has 0 saturated carbocycles. The molecule has 1 rings (SSSR count). The number of hydrogen-bond acceptors (Lipinski definition) is 2. The maximum Gasteiger partial charge on any atom is 0.317 e. The summed E-state index contributed by atoms with van der Waals surface area (Å²) < 4.78 is 0. The number of nitrogens with one attached hydrogen (secondary N) is 1. The second-order valence-corrected chi connectivity index (χ2v) is 6.98. The molecular weight excluding hydrogens is 292 g/mol. The first kappa shape index (κ1) is 19.0. The summed E-state index contributed by atoms with van der Waals surface area (Å²) in [6.07, 6.45) is 0. The second kappa shape index (κ2) is 7.49. The van der Waals surface area contributed by atoms with Gasteiger partial charge >= 0.3 is 12.0 Å². The number of rotatable bonds is 6. The molecule has 0 aromatic heterocycles. The molecule has 1 aromatic carbocycles. The maximum atomic E-state index is 12.1. The Balaban J connectivity index is 2.68. The van der Waals surface area contributed by atoms with Gasteiger partial charge in [-0.3, -0.25) is 4.79 Å². The van der Waals surface area contributed by atoms with Crippen LogP contribution in [-0.4, -0.2) is 42.1 Å². The molecule has 1 unspecified atom stereocenters.